The van der Waals surface area contributed by atoms with Gasteiger partial charge < -0.3 is 0 Å². The first kappa shape index (κ1) is 79.2. The minimum Gasteiger partial charge on any atom is -0.0735 e. The molecule has 0 unspecified atom stereocenters. The zero-order valence-electron chi connectivity index (χ0n) is 62.0. The van der Waals surface area contributed by atoms with E-state index in [2.05, 4.69) is 327 Å². The topological polar surface area (TPSA) is 0 Å². The van der Waals surface area contributed by atoms with E-state index in [1.165, 1.54) is 0 Å². The van der Waals surface area contributed by atoms with Crippen LogP contribution in [-0.2, 0) is 0 Å². The van der Waals surface area contributed by atoms with Crippen molar-refractivity contribution >= 4 is 172 Å². The predicted octanol–water partition coefficient (Wildman–Crippen LogP) is 20.1. The molecule has 74 heavy (non-hydrogen) atoms. The van der Waals surface area contributed by atoms with Gasteiger partial charge in [0.1, 0.15) is 0 Å². The molecule has 0 fully saturated rings. The molecule has 0 aromatic carbocycles. The summed E-state index contributed by atoms with van der Waals surface area (Å²) in [6.07, 6.45) is 0. The number of rotatable bonds is 23. The van der Waals surface area contributed by atoms with Crippen LogP contribution < -0.4 is 0 Å². The highest BCUT2D eigenvalue weighted by Gasteiger charge is 2.78. The van der Waals surface area contributed by atoms with Gasteiger partial charge in [-0.15, -0.1) is 0 Å². The Balaban J connectivity index is 8.18. The standard InChI is InChI=1S/C50H150Si24/c1-51(2,3)53(7,8)55(11,12)57(15,16)59(19,20)61(23,24)63(27,28)65(31,32)67(35,36)69(39,40)71(43,44)73(47,48)74(49,50)72(45,46)70(41,42)68(37,38)66(33,34)64(29,30)62(25,26)60(21,22)58(17,18)56(13,14)54(9,10)52(4,5)6/h1-50H3. The lowest BCUT2D eigenvalue weighted by atomic mass is 11.8. The predicted molar refractivity (Wildman–Crippen MR) is 431 cm³/mol. The van der Waals surface area contributed by atoms with Crippen LogP contribution in [-0.4, -0.2) is 172 Å². The van der Waals surface area contributed by atoms with E-state index < -0.39 is 172 Å². The average molecular weight is 1430 g/mol. The maximum absolute atomic E-state index is 3.17. The van der Waals surface area contributed by atoms with Gasteiger partial charge in [-0.3, -0.25) is 0 Å². The zero-order chi connectivity index (χ0) is 62.0. The highest BCUT2D eigenvalue weighted by Crippen LogP contribution is 2.54. The maximum atomic E-state index is 3.17. The number of hydrogen-bond acceptors (Lipinski definition) is 0. The van der Waals surface area contributed by atoms with Crippen LogP contribution in [0.15, 0.2) is 0 Å². The second-order valence-electron chi connectivity index (χ2n) is 40.2. The molecule has 0 aromatic rings. The Bertz CT molecular complexity index is 1880. The smallest absolute Gasteiger partial charge is 0.0354 e. The molecule has 0 amide bonds. The molecule has 0 spiro atoms. The quantitative estimate of drug-likeness (QED) is 0.0895. The molecule has 0 bridgehead atoms. The third-order valence-corrected chi connectivity index (χ3v) is 626. The second kappa shape index (κ2) is 20.9. The number of hydrogen-bond donors (Lipinski definition) is 0. The van der Waals surface area contributed by atoms with Crippen molar-refractivity contribution in [3.63, 3.8) is 0 Å². The molecular weight excluding hydrogens is 1270 g/mol. The van der Waals surface area contributed by atoms with Gasteiger partial charge in [0, 0.05) is 172 Å². The summed E-state index contributed by atoms with van der Waals surface area (Å²) in [7, 11) is -36.8. The fraction of sp³-hybridized carbons (Fsp3) is 1.00. The molecule has 0 heterocycles. The van der Waals surface area contributed by atoms with Crippen LogP contribution in [0.5, 0.6) is 0 Å². The lowest BCUT2D eigenvalue weighted by Gasteiger charge is -2.71. The zero-order valence-corrected chi connectivity index (χ0v) is 86.0. The minimum atomic E-state index is -1.66. The molecule has 0 rings (SSSR count). The van der Waals surface area contributed by atoms with E-state index in [4.69, 9.17) is 0 Å². The van der Waals surface area contributed by atoms with Crippen molar-refractivity contribution in [1.29, 1.82) is 0 Å². The van der Waals surface area contributed by atoms with Gasteiger partial charge in [-0.1, -0.05) is 327 Å². The summed E-state index contributed by atoms with van der Waals surface area (Å²) in [6.45, 7) is 153. The van der Waals surface area contributed by atoms with E-state index in [9.17, 15) is 0 Å². The van der Waals surface area contributed by atoms with E-state index >= 15 is 0 Å². The van der Waals surface area contributed by atoms with E-state index in [0.717, 1.165) is 0 Å². The molecule has 0 nitrogen and oxygen atoms in total. The molecular formula is C50H150Si24. The third-order valence-electron chi connectivity index (χ3n) is 36.6. The molecule has 0 aliphatic heterocycles. The minimum absolute atomic E-state index is 1.22. The normalized spacial score (nSPS) is 17.6. The van der Waals surface area contributed by atoms with Gasteiger partial charge in [-0.2, -0.15) is 0 Å². The van der Waals surface area contributed by atoms with Crippen molar-refractivity contribution in [2.24, 2.45) is 0 Å². The van der Waals surface area contributed by atoms with Crippen molar-refractivity contribution in [1.82, 2.24) is 0 Å². The van der Waals surface area contributed by atoms with Gasteiger partial charge >= 0.3 is 0 Å². The van der Waals surface area contributed by atoms with Gasteiger partial charge in [-0.25, -0.2) is 0 Å². The second-order valence-corrected chi connectivity index (χ2v) is 328. The van der Waals surface area contributed by atoms with Crippen LogP contribution >= 0.6 is 0 Å². The molecule has 0 radical (unpaired) electrons. The van der Waals surface area contributed by atoms with E-state index in [1.807, 2.05) is 0 Å². The van der Waals surface area contributed by atoms with E-state index in [1.54, 1.807) is 0 Å². The van der Waals surface area contributed by atoms with Crippen molar-refractivity contribution in [2.75, 3.05) is 0 Å². The van der Waals surface area contributed by atoms with Crippen molar-refractivity contribution in [3.05, 3.63) is 0 Å². The Morgan fingerprint density at radius 2 is 0.108 bits per heavy atom. The molecule has 0 atom stereocenters. The summed E-state index contributed by atoms with van der Waals surface area (Å²) < 4.78 is 0. The summed E-state index contributed by atoms with van der Waals surface area (Å²) in [5.74, 6) is 0. The molecule has 0 aromatic heterocycles. The Labute approximate surface area is 493 Å². The van der Waals surface area contributed by atoms with Gasteiger partial charge in [-0.05, 0) is 0 Å². The van der Waals surface area contributed by atoms with Gasteiger partial charge in [0.15, 0.2) is 0 Å². The fourth-order valence-corrected chi connectivity index (χ4v) is 898. The largest absolute Gasteiger partial charge is 0.0735 e. The van der Waals surface area contributed by atoms with Gasteiger partial charge in [0.2, 0.25) is 0 Å². The van der Waals surface area contributed by atoms with E-state index in [0.29, 0.717) is 0 Å². The average Bonchev–Trinajstić information content (AvgIpc) is 3.15. The van der Waals surface area contributed by atoms with Crippen LogP contribution in [0.3, 0.4) is 0 Å². The summed E-state index contributed by atoms with van der Waals surface area (Å²) in [5.41, 5.74) is 0. The first-order chi connectivity index (χ1) is 30.8. The van der Waals surface area contributed by atoms with Crippen LogP contribution in [0.2, 0.25) is 327 Å². The summed E-state index contributed by atoms with van der Waals surface area (Å²) in [5, 5.41) is 0. The van der Waals surface area contributed by atoms with Crippen LogP contribution in [0.1, 0.15) is 0 Å². The first-order valence-electron chi connectivity index (χ1n) is 30.8. The highest BCUT2D eigenvalue weighted by molar-refractivity contribution is 8.14. The lowest BCUT2D eigenvalue weighted by Crippen LogP contribution is -2.99. The SMILES string of the molecule is C[Si](C)(C)[Si](C)(C)[Si](C)(C)[Si](C)(C)[Si](C)(C)[Si](C)(C)[Si](C)(C)[Si](C)(C)[Si](C)(C)[Si](C)(C)[Si](C)(C)[Si](C)(C)[Si](C)(C)[Si](C)(C)[Si](C)(C)[Si](C)(C)[Si](C)(C)[Si](C)(C)[Si](C)(C)[Si](C)(C)[Si](C)(C)[Si](C)(C)[Si](C)(C)[Si](C)(C)C. The van der Waals surface area contributed by atoms with Crippen LogP contribution in [0, 0.1) is 0 Å². The Hall–Kier alpha value is 5.21. The van der Waals surface area contributed by atoms with E-state index in [-0.39, 0.29) is 0 Å². The summed E-state index contributed by atoms with van der Waals surface area (Å²) in [6, 6.07) is 0. The fourth-order valence-electron chi connectivity index (χ4n) is 17.5. The summed E-state index contributed by atoms with van der Waals surface area (Å²) >= 11 is 0. The Kier molecular flexibility index (Phi) is 22.4. The maximum Gasteiger partial charge on any atom is 0.0354 e. The molecule has 0 aliphatic rings. The molecule has 0 N–H and O–H groups in total. The Morgan fingerprint density at radius 3 is 0.149 bits per heavy atom. The lowest BCUT2D eigenvalue weighted by molar-refractivity contribution is 1.71. The molecule has 446 valence electrons. The highest BCUT2D eigenvalue weighted by atomic mass is 30.2. The first-order valence-corrected chi connectivity index (χ1v) is 127. The van der Waals surface area contributed by atoms with Crippen molar-refractivity contribution < 1.29 is 0 Å². The monoisotopic (exact) mass is 1420 g/mol. The third kappa shape index (κ3) is 9.96. The Morgan fingerprint density at radius 1 is 0.0676 bits per heavy atom. The molecule has 0 saturated heterocycles. The molecule has 0 saturated carbocycles. The molecule has 0 aliphatic carbocycles. The van der Waals surface area contributed by atoms with Crippen LogP contribution in [0.25, 0.3) is 0 Å². The van der Waals surface area contributed by atoms with Crippen LogP contribution in [0.4, 0.5) is 0 Å². The van der Waals surface area contributed by atoms with Gasteiger partial charge in [0.25, 0.3) is 0 Å². The summed E-state index contributed by atoms with van der Waals surface area (Å²) in [4.78, 5) is 0. The molecule has 24 heteroatoms. The van der Waals surface area contributed by atoms with Gasteiger partial charge in [0.05, 0.1) is 0 Å². The van der Waals surface area contributed by atoms with Crippen molar-refractivity contribution in [2.45, 2.75) is 327 Å². The van der Waals surface area contributed by atoms with Crippen molar-refractivity contribution in [3.8, 4) is 0 Å².